The standard InChI is InChI=1S/C19H21FN4O3/c1-11-2-7-16(27-11)14-10-15(23-22-14)19(26)24-9-8-21-18(25)17(24)12-3-5-13(20)6-4-12/h2-7,14-15,17,22-23H,8-10H2,1H3,(H,21,25). The van der Waals surface area contributed by atoms with E-state index in [1.165, 1.54) is 12.1 Å². The third-order valence-electron chi connectivity index (χ3n) is 4.99. The lowest BCUT2D eigenvalue weighted by atomic mass is 10.00. The third-order valence-corrected chi connectivity index (χ3v) is 4.99. The number of carbonyl (C=O) groups is 2. The van der Waals surface area contributed by atoms with E-state index in [-0.39, 0.29) is 23.7 Å². The summed E-state index contributed by atoms with van der Waals surface area (Å²) in [6, 6.07) is 8.08. The van der Waals surface area contributed by atoms with Gasteiger partial charge >= 0.3 is 0 Å². The van der Waals surface area contributed by atoms with Crippen molar-refractivity contribution in [3.63, 3.8) is 0 Å². The van der Waals surface area contributed by atoms with Gasteiger partial charge in [-0.25, -0.2) is 15.2 Å². The van der Waals surface area contributed by atoms with Gasteiger partial charge in [-0.15, -0.1) is 0 Å². The minimum absolute atomic E-state index is 0.115. The zero-order valence-electron chi connectivity index (χ0n) is 14.9. The number of furan rings is 1. The fourth-order valence-electron chi connectivity index (χ4n) is 3.63. The first kappa shape index (κ1) is 17.7. The summed E-state index contributed by atoms with van der Waals surface area (Å²) in [5.41, 5.74) is 6.69. The smallest absolute Gasteiger partial charge is 0.247 e. The van der Waals surface area contributed by atoms with Crippen LogP contribution in [0.4, 0.5) is 4.39 Å². The van der Waals surface area contributed by atoms with E-state index >= 15 is 0 Å². The number of nitrogens with zero attached hydrogens (tertiary/aromatic N) is 1. The normalized spacial score (nSPS) is 25.5. The van der Waals surface area contributed by atoms with Gasteiger partial charge in [0.15, 0.2) is 0 Å². The van der Waals surface area contributed by atoms with Crippen molar-refractivity contribution in [2.45, 2.75) is 31.5 Å². The van der Waals surface area contributed by atoms with Crippen molar-refractivity contribution in [3.05, 3.63) is 59.3 Å². The van der Waals surface area contributed by atoms with E-state index in [0.717, 1.165) is 11.5 Å². The summed E-state index contributed by atoms with van der Waals surface area (Å²) in [7, 11) is 0. The summed E-state index contributed by atoms with van der Waals surface area (Å²) in [4.78, 5) is 27.1. The molecular weight excluding hydrogens is 351 g/mol. The van der Waals surface area contributed by atoms with Crippen molar-refractivity contribution in [2.24, 2.45) is 0 Å². The number of halogens is 1. The van der Waals surface area contributed by atoms with Gasteiger partial charge in [-0.1, -0.05) is 12.1 Å². The van der Waals surface area contributed by atoms with Crippen LogP contribution in [0, 0.1) is 12.7 Å². The number of aryl methyl sites for hydroxylation is 1. The number of carbonyl (C=O) groups excluding carboxylic acids is 2. The number of hydrogen-bond acceptors (Lipinski definition) is 5. The maximum absolute atomic E-state index is 13.3. The molecule has 0 radical (unpaired) electrons. The van der Waals surface area contributed by atoms with Crippen LogP contribution in [-0.2, 0) is 9.59 Å². The molecule has 1 aromatic carbocycles. The lowest BCUT2D eigenvalue weighted by Crippen LogP contribution is -2.56. The minimum atomic E-state index is -0.765. The van der Waals surface area contributed by atoms with E-state index in [9.17, 15) is 14.0 Å². The van der Waals surface area contributed by atoms with Crippen LogP contribution in [0.25, 0.3) is 0 Å². The van der Waals surface area contributed by atoms with E-state index < -0.39 is 12.1 Å². The molecule has 27 heavy (non-hydrogen) atoms. The van der Waals surface area contributed by atoms with Gasteiger partial charge in [-0.3, -0.25) is 9.59 Å². The predicted octanol–water partition coefficient (Wildman–Crippen LogP) is 1.33. The van der Waals surface area contributed by atoms with Crippen LogP contribution in [0.2, 0.25) is 0 Å². The highest BCUT2D eigenvalue weighted by molar-refractivity contribution is 5.91. The van der Waals surface area contributed by atoms with E-state index in [4.69, 9.17) is 4.42 Å². The van der Waals surface area contributed by atoms with Gasteiger partial charge in [0.05, 0.1) is 6.04 Å². The van der Waals surface area contributed by atoms with Crippen LogP contribution in [0.5, 0.6) is 0 Å². The number of hydrazine groups is 1. The Morgan fingerprint density at radius 3 is 2.67 bits per heavy atom. The fraction of sp³-hybridized carbons (Fsp3) is 0.368. The molecule has 8 heteroatoms. The Bertz CT molecular complexity index is 851. The van der Waals surface area contributed by atoms with Gasteiger partial charge in [-0.2, -0.15) is 0 Å². The van der Waals surface area contributed by atoms with Gasteiger partial charge in [0.25, 0.3) is 0 Å². The number of amides is 2. The molecule has 2 aliphatic heterocycles. The SMILES string of the molecule is Cc1ccc(C2CC(C(=O)N3CCNC(=O)C3c3ccc(F)cc3)NN2)o1. The molecule has 7 nitrogen and oxygen atoms in total. The number of benzene rings is 1. The maximum Gasteiger partial charge on any atom is 0.247 e. The number of hydrogen-bond donors (Lipinski definition) is 3. The van der Waals surface area contributed by atoms with Crippen molar-refractivity contribution in [1.82, 2.24) is 21.1 Å². The van der Waals surface area contributed by atoms with Crippen LogP contribution in [-0.4, -0.2) is 35.8 Å². The molecule has 0 spiro atoms. The number of nitrogens with one attached hydrogen (secondary N) is 3. The summed E-state index contributed by atoms with van der Waals surface area (Å²) in [6.45, 7) is 2.66. The molecule has 2 amide bonds. The Labute approximate surface area is 155 Å². The first-order valence-electron chi connectivity index (χ1n) is 8.94. The van der Waals surface area contributed by atoms with E-state index in [1.807, 2.05) is 19.1 Å². The van der Waals surface area contributed by atoms with Crippen molar-refractivity contribution < 1.29 is 18.4 Å². The van der Waals surface area contributed by atoms with Crippen molar-refractivity contribution in [1.29, 1.82) is 0 Å². The minimum Gasteiger partial charge on any atom is -0.465 e. The summed E-state index contributed by atoms with van der Waals surface area (Å²) in [5.74, 6) is 0.765. The molecule has 3 unspecified atom stereocenters. The largest absolute Gasteiger partial charge is 0.465 e. The van der Waals surface area contributed by atoms with Gasteiger partial charge in [-0.05, 0) is 43.2 Å². The average Bonchev–Trinajstić information content (AvgIpc) is 3.31. The second-order valence-corrected chi connectivity index (χ2v) is 6.85. The van der Waals surface area contributed by atoms with Crippen LogP contribution >= 0.6 is 0 Å². The monoisotopic (exact) mass is 372 g/mol. The summed E-state index contributed by atoms with van der Waals surface area (Å²) >= 11 is 0. The zero-order chi connectivity index (χ0) is 19.0. The zero-order valence-corrected chi connectivity index (χ0v) is 14.9. The highest BCUT2D eigenvalue weighted by Crippen LogP contribution is 2.28. The van der Waals surface area contributed by atoms with E-state index in [1.54, 1.807) is 17.0 Å². The molecule has 3 N–H and O–H groups in total. The molecular formula is C19H21FN4O3. The summed E-state index contributed by atoms with van der Waals surface area (Å²) < 4.78 is 18.9. The average molecular weight is 372 g/mol. The van der Waals surface area contributed by atoms with Crippen LogP contribution < -0.4 is 16.2 Å². The highest BCUT2D eigenvalue weighted by atomic mass is 19.1. The van der Waals surface area contributed by atoms with Crippen molar-refractivity contribution >= 4 is 11.8 Å². The summed E-state index contributed by atoms with van der Waals surface area (Å²) in [6.07, 6.45) is 0.514. The maximum atomic E-state index is 13.3. The Morgan fingerprint density at radius 1 is 1.19 bits per heavy atom. The number of rotatable bonds is 3. The number of piperazine rings is 1. The lowest BCUT2D eigenvalue weighted by molar-refractivity contribution is -0.144. The highest BCUT2D eigenvalue weighted by Gasteiger charge is 2.40. The molecule has 3 atom stereocenters. The molecule has 1 aromatic heterocycles. The Hall–Kier alpha value is -2.71. The van der Waals surface area contributed by atoms with Gasteiger partial charge in [0.2, 0.25) is 11.8 Å². The van der Waals surface area contributed by atoms with Crippen molar-refractivity contribution in [3.8, 4) is 0 Å². The van der Waals surface area contributed by atoms with Crippen LogP contribution in [0.15, 0.2) is 40.8 Å². The molecule has 0 aliphatic carbocycles. The van der Waals surface area contributed by atoms with Crippen LogP contribution in [0.1, 0.15) is 35.6 Å². The molecule has 4 rings (SSSR count). The Morgan fingerprint density at radius 2 is 1.96 bits per heavy atom. The topological polar surface area (TPSA) is 86.6 Å². The van der Waals surface area contributed by atoms with Gasteiger partial charge in [0, 0.05) is 13.1 Å². The molecule has 0 bridgehead atoms. The van der Waals surface area contributed by atoms with E-state index in [0.29, 0.717) is 25.1 Å². The first-order chi connectivity index (χ1) is 13.0. The first-order valence-corrected chi connectivity index (χ1v) is 8.94. The van der Waals surface area contributed by atoms with Gasteiger partial charge < -0.3 is 14.6 Å². The fourth-order valence-corrected chi connectivity index (χ4v) is 3.63. The predicted molar refractivity (Wildman–Crippen MR) is 94.7 cm³/mol. The lowest BCUT2D eigenvalue weighted by Gasteiger charge is -2.36. The van der Waals surface area contributed by atoms with Gasteiger partial charge in [0.1, 0.15) is 29.4 Å². The molecule has 2 aromatic rings. The molecule has 2 saturated heterocycles. The Balaban J connectivity index is 1.52. The second-order valence-electron chi connectivity index (χ2n) is 6.85. The molecule has 3 heterocycles. The third kappa shape index (κ3) is 3.45. The molecule has 2 fully saturated rings. The van der Waals surface area contributed by atoms with Crippen LogP contribution in [0.3, 0.4) is 0 Å². The van der Waals surface area contributed by atoms with E-state index in [2.05, 4.69) is 16.2 Å². The molecule has 0 saturated carbocycles. The second kappa shape index (κ2) is 7.13. The Kier molecular flexibility index (Phi) is 4.67. The van der Waals surface area contributed by atoms with Crippen molar-refractivity contribution in [2.75, 3.05) is 13.1 Å². The summed E-state index contributed by atoms with van der Waals surface area (Å²) in [5, 5.41) is 2.78. The molecule has 2 aliphatic rings. The quantitative estimate of drug-likeness (QED) is 0.757. The molecule has 142 valence electrons.